The molecule has 3 heterocycles. The molecule has 3 rings (SSSR count). The minimum absolute atomic E-state index is 0.610. The number of fused-ring (bicyclic) bond motifs is 1. The van der Waals surface area contributed by atoms with Crippen LogP contribution in [0.4, 0.5) is 11.8 Å². The Balaban J connectivity index is 1.97. The molecule has 20 heavy (non-hydrogen) atoms. The standard InChI is InChI=1S/C13H16N6S/c1-3-14-13-17-11-10(15-8-16-11)12(18-13)19(2)6-9-4-5-20-7-9/h4-5,7-8H,3,6H2,1-2H3,(H2,14,15,16,17,18). The number of anilines is 2. The highest BCUT2D eigenvalue weighted by Gasteiger charge is 2.13. The van der Waals surface area contributed by atoms with Crippen LogP contribution in [0.3, 0.4) is 0 Å². The summed E-state index contributed by atoms with van der Waals surface area (Å²) in [6.45, 7) is 3.61. The molecule has 0 fully saturated rings. The molecular weight excluding hydrogens is 272 g/mol. The summed E-state index contributed by atoms with van der Waals surface area (Å²) in [4.78, 5) is 18.4. The summed E-state index contributed by atoms with van der Waals surface area (Å²) >= 11 is 1.70. The normalized spacial score (nSPS) is 10.9. The number of thiophene rings is 1. The molecule has 0 radical (unpaired) electrons. The highest BCUT2D eigenvalue weighted by molar-refractivity contribution is 7.07. The first-order chi connectivity index (χ1) is 9.78. The van der Waals surface area contributed by atoms with E-state index in [2.05, 4.69) is 47.0 Å². The number of nitrogens with zero attached hydrogens (tertiary/aromatic N) is 4. The zero-order valence-corrected chi connectivity index (χ0v) is 12.2. The molecule has 0 aromatic carbocycles. The van der Waals surface area contributed by atoms with E-state index >= 15 is 0 Å². The molecule has 0 amide bonds. The first-order valence-corrected chi connectivity index (χ1v) is 7.39. The van der Waals surface area contributed by atoms with E-state index < -0.39 is 0 Å². The van der Waals surface area contributed by atoms with E-state index in [9.17, 15) is 0 Å². The fraction of sp³-hybridized carbons (Fsp3) is 0.308. The predicted octanol–water partition coefficient (Wildman–Crippen LogP) is 2.48. The van der Waals surface area contributed by atoms with E-state index in [0.29, 0.717) is 11.6 Å². The van der Waals surface area contributed by atoms with Gasteiger partial charge in [0, 0.05) is 20.1 Å². The number of aromatic nitrogens is 4. The van der Waals surface area contributed by atoms with Gasteiger partial charge in [0.2, 0.25) is 5.95 Å². The molecule has 3 aromatic rings. The van der Waals surface area contributed by atoms with Crippen LogP contribution < -0.4 is 10.2 Å². The van der Waals surface area contributed by atoms with Gasteiger partial charge in [-0.25, -0.2) is 4.98 Å². The molecule has 7 heteroatoms. The lowest BCUT2D eigenvalue weighted by molar-refractivity contribution is 0.901. The van der Waals surface area contributed by atoms with Crippen molar-refractivity contribution in [3.8, 4) is 0 Å². The van der Waals surface area contributed by atoms with Crippen molar-refractivity contribution >= 4 is 34.3 Å². The van der Waals surface area contributed by atoms with Crippen LogP contribution in [0.2, 0.25) is 0 Å². The van der Waals surface area contributed by atoms with Gasteiger partial charge in [-0.15, -0.1) is 0 Å². The number of imidazole rings is 1. The number of H-pyrrole nitrogens is 1. The maximum Gasteiger partial charge on any atom is 0.226 e. The van der Waals surface area contributed by atoms with Crippen molar-refractivity contribution in [2.45, 2.75) is 13.5 Å². The third kappa shape index (κ3) is 2.44. The van der Waals surface area contributed by atoms with Crippen LogP contribution in [0.25, 0.3) is 11.2 Å². The average molecular weight is 288 g/mol. The van der Waals surface area contributed by atoms with Gasteiger partial charge in [-0.1, -0.05) is 0 Å². The maximum atomic E-state index is 4.58. The van der Waals surface area contributed by atoms with Gasteiger partial charge in [-0.3, -0.25) is 0 Å². The lowest BCUT2D eigenvalue weighted by Crippen LogP contribution is -2.19. The van der Waals surface area contributed by atoms with Gasteiger partial charge >= 0.3 is 0 Å². The quantitative estimate of drug-likeness (QED) is 0.755. The summed E-state index contributed by atoms with van der Waals surface area (Å²) in [5.74, 6) is 1.47. The van der Waals surface area contributed by atoms with Crippen molar-refractivity contribution in [2.75, 3.05) is 23.8 Å². The summed E-state index contributed by atoms with van der Waals surface area (Å²) in [5, 5.41) is 7.37. The second-order valence-corrected chi connectivity index (χ2v) is 5.27. The number of aromatic amines is 1. The van der Waals surface area contributed by atoms with Crippen LogP contribution in [0.5, 0.6) is 0 Å². The minimum atomic E-state index is 0.610. The molecule has 0 aliphatic carbocycles. The second kappa shape index (κ2) is 5.46. The third-order valence-electron chi connectivity index (χ3n) is 2.96. The van der Waals surface area contributed by atoms with E-state index in [1.54, 1.807) is 17.7 Å². The Bertz CT molecular complexity index is 690. The Kier molecular flexibility index (Phi) is 3.51. The molecule has 0 bridgehead atoms. The molecule has 0 aliphatic rings. The van der Waals surface area contributed by atoms with Gasteiger partial charge in [0.1, 0.15) is 5.52 Å². The lowest BCUT2D eigenvalue weighted by Gasteiger charge is -2.18. The molecule has 2 N–H and O–H groups in total. The van der Waals surface area contributed by atoms with Crippen LogP contribution in [-0.2, 0) is 6.54 Å². The van der Waals surface area contributed by atoms with Crippen LogP contribution in [0, 0.1) is 0 Å². The first-order valence-electron chi connectivity index (χ1n) is 6.45. The Morgan fingerprint density at radius 1 is 1.40 bits per heavy atom. The van der Waals surface area contributed by atoms with Crippen molar-refractivity contribution in [3.63, 3.8) is 0 Å². The molecule has 0 unspecified atom stereocenters. The molecule has 0 aliphatic heterocycles. The van der Waals surface area contributed by atoms with Crippen molar-refractivity contribution in [1.29, 1.82) is 0 Å². The van der Waals surface area contributed by atoms with Crippen molar-refractivity contribution in [1.82, 2.24) is 19.9 Å². The largest absolute Gasteiger partial charge is 0.354 e. The number of rotatable bonds is 5. The van der Waals surface area contributed by atoms with Crippen molar-refractivity contribution in [2.24, 2.45) is 0 Å². The summed E-state index contributed by atoms with van der Waals surface area (Å²) in [6.07, 6.45) is 1.65. The first kappa shape index (κ1) is 12.9. The van der Waals surface area contributed by atoms with Crippen LogP contribution in [0.1, 0.15) is 12.5 Å². The van der Waals surface area contributed by atoms with E-state index in [0.717, 1.165) is 24.4 Å². The summed E-state index contributed by atoms with van der Waals surface area (Å²) < 4.78 is 0. The van der Waals surface area contributed by atoms with Crippen molar-refractivity contribution < 1.29 is 0 Å². The molecule has 0 spiro atoms. The van der Waals surface area contributed by atoms with Crippen LogP contribution >= 0.6 is 11.3 Å². The smallest absolute Gasteiger partial charge is 0.226 e. The van der Waals surface area contributed by atoms with Gasteiger partial charge in [-0.05, 0) is 29.3 Å². The van der Waals surface area contributed by atoms with Gasteiger partial charge in [-0.2, -0.15) is 21.3 Å². The third-order valence-corrected chi connectivity index (χ3v) is 3.69. The molecule has 0 saturated heterocycles. The van der Waals surface area contributed by atoms with Gasteiger partial charge in [0.15, 0.2) is 11.5 Å². The zero-order valence-electron chi connectivity index (χ0n) is 11.4. The Morgan fingerprint density at radius 2 is 2.30 bits per heavy atom. The second-order valence-electron chi connectivity index (χ2n) is 4.49. The van der Waals surface area contributed by atoms with Crippen molar-refractivity contribution in [3.05, 3.63) is 28.7 Å². The van der Waals surface area contributed by atoms with Gasteiger partial charge < -0.3 is 15.2 Å². The highest BCUT2D eigenvalue weighted by atomic mass is 32.1. The summed E-state index contributed by atoms with van der Waals surface area (Å²) in [7, 11) is 2.02. The topological polar surface area (TPSA) is 69.7 Å². The van der Waals surface area contributed by atoms with Gasteiger partial charge in [0.05, 0.1) is 6.33 Å². The predicted molar refractivity (Wildman–Crippen MR) is 82.3 cm³/mol. The lowest BCUT2D eigenvalue weighted by atomic mass is 10.3. The minimum Gasteiger partial charge on any atom is -0.354 e. The molecule has 6 nitrogen and oxygen atoms in total. The van der Waals surface area contributed by atoms with Gasteiger partial charge in [0.25, 0.3) is 0 Å². The molecule has 3 aromatic heterocycles. The molecule has 104 valence electrons. The molecular formula is C13H16N6S. The molecule has 0 atom stereocenters. The summed E-state index contributed by atoms with van der Waals surface area (Å²) in [5.41, 5.74) is 2.82. The Hall–Kier alpha value is -2.15. The van der Waals surface area contributed by atoms with E-state index in [4.69, 9.17) is 0 Å². The number of hydrogen-bond acceptors (Lipinski definition) is 6. The maximum absolute atomic E-state index is 4.58. The SMILES string of the molecule is CCNc1nc(N(C)Cc2ccsc2)c2[nH]cnc2n1. The highest BCUT2D eigenvalue weighted by Crippen LogP contribution is 2.23. The Labute approximate surface area is 120 Å². The molecule has 0 saturated carbocycles. The monoisotopic (exact) mass is 288 g/mol. The van der Waals surface area contributed by atoms with E-state index in [-0.39, 0.29) is 0 Å². The summed E-state index contributed by atoms with van der Waals surface area (Å²) in [6, 6.07) is 2.12. The average Bonchev–Trinajstić information content (AvgIpc) is 3.08. The Morgan fingerprint density at radius 3 is 3.05 bits per heavy atom. The van der Waals surface area contributed by atoms with Crippen LogP contribution in [0.15, 0.2) is 23.2 Å². The fourth-order valence-electron chi connectivity index (χ4n) is 2.06. The fourth-order valence-corrected chi connectivity index (χ4v) is 2.72. The number of nitrogens with one attached hydrogen (secondary N) is 2. The van der Waals surface area contributed by atoms with Crippen LogP contribution in [-0.4, -0.2) is 33.5 Å². The zero-order chi connectivity index (χ0) is 13.9. The van der Waals surface area contributed by atoms with E-state index in [1.807, 2.05) is 14.0 Å². The number of hydrogen-bond donors (Lipinski definition) is 2. The van der Waals surface area contributed by atoms with E-state index in [1.165, 1.54) is 5.56 Å².